The Labute approximate surface area is 68.4 Å². The minimum Gasteiger partial charge on any atom is -0.307 e. The van der Waals surface area contributed by atoms with Crippen molar-refractivity contribution in [1.82, 2.24) is 5.32 Å². The Kier molecular flexibility index (Phi) is 2.66. The van der Waals surface area contributed by atoms with E-state index in [9.17, 15) is 4.79 Å². The standard InChI is InChI=1S/C9H17NO/c1-6(2)9(11)8-4-7(3)5-10-8/h6-8,10H,4-5H2,1-3H3. The molecule has 1 saturated heterocycles. The van der Waals surface area contributed by atoms with Crippen LogP contribution in [0.25, 0.3) is 0 Å². The summed E-state index contributed by atoms with van der Waals surface area (Å²) in [6, 6.07) is 0.144. The Morgan fingerprint density at radius 2 is 2.18 bits per heavy atom. The third-order valence-electron chi connectivity index (χ3n) is 2.26. The Morgan fingerprint density at radius 3 is 2.55 bits per heavy atom. The first-order chi connectivity index (χ1) is 5.11. The molecule has 2 nitrogen and oxygen atoms in total. The van der Waals surface area contributed by atoms with Gasteiger partial charge in [0.25, 0.3) is 0 Å². The van der Waals surface area contributed by atoms with E-state index in [2.05, 4.69) is 12.2 Å². The zero-order valence-corrected chi connectivity index (χ0v) is 7.55. The van der Waals surface area contributed by atoms with Gasteiger partial charge in [0.05, 0.1) is 6.04 Å². The number of hydrogen-bond donors (Lipinski definition) is 1. The maximum Gasteiger partial charge on any atom is 0.152 e. The molecule has 2 atom stereocenters. The van der Waals surface area contributed by atoms with Gasteiger partial charge in [-0.3, -0.25) is 4.79 Å². The van der Waals surface area contributed by atoms with Crippen LogP contribution in [0.3, 0.4) is 0 Å². The lowest BCUT2D eigenvalue weighted by Gasteiger charge is -2.10. The van der Waals surface area contributed by atoms with Crippen molar-refractivity contribution in [2.45, 2.75) is 33.2 Å². The highest BCUT2D eigenvalue weighted by molar-refractivity contribution is 5.85. The smallest absolute Gasteiger partial charge is 0.152 e. The highest BCUT2D eigenvalue weighted by Crippen LogP contribution is 2.15. The summed E-state index contributed by atoms with van der Waals surface area (Å²) < 4.78 is 0. The van der Waals surface area contributed by atoms with Crippen molar-refractivity contribution in [3.05, 3.63) is 0 Å². The van der Waals surface area contributed by atoms with Crippen molar-refractivity contribution < 1.29 is 4.79 Å². The van der Waals surface area contributed by atoms with E-state index >= 15 is 0 Å². The third kappa shape index (κ3) is 2.03. The van der Waals surface area contributed by atoms with Crippen LogP contribution in [0.4, 0.5) is 0 Å². The Bertz CT molecular complexity index is 154. The normalized spacial score (nSPS) is 31.3. The van der Waals surface area contributed by atoms with Gasteiger partial charge in [-0.15, -0.1) is 0 Å². The van der Waals surface area contributed by atoms with Crippen molar-refractivity contribution >= 4 is 5.78 Å². The van der Waals surface area contributed by atoms with E-state index in [-0.39, 0.29) is 12.0 Å². The van der Waals surface area contributed by atoms with Crippen LogP contribution in [0.5, 0.6) is 0 Å². The topological polar surface area (TPSA) is 29.1 Å². The first-order valence-electron chi connectivity index (χ1n) is 4.38. The van der Waals surface area contributed by atoms with Crippen molar-refractivity contribution in [2.24, 2.45) is 11.8 Å². The molecule has 1 aliphatic heterocycles. The van der Waals surface area contributed by atoms with Crippen molar-refractivity contribution in [3.8, 4) is 0 Å². The van der Waals surface area contributed by atoms with Crippen LogP contribution in [0.1, 0.15) is 27.2 Å². The fourth-order valence-corrected chi connectivity index (χ4v) is 1.53. The second-order valence-corrected chi connectivity index (χ2v) is 3.86. The van der Waals surface area contributed by atoms with Gasteiger partial charge in [-0.1, -0.05) is 20.8 Å². The zero-order chi connectivity index (χ0) is 8.43. The summed E-state index contributed by atoms with van der Waals surface area (Å²) in [5, 5.41) is 3.24. The predicted molar refractivity (Wildman–Crippen MR) is 45.4 cm³/mol. The summed E-state index contributed by atoms with van der Waals surface area (Å²) >= 11 is 0. The van der Waals surface area contributed by atoms with Gasteiger partial charge in [-0.2, -0.15) is 0 Å². The molecule has 64 valence electrons. The van der Waals surface area contributed by atoms with Crippen molar-refractivity contribution in [1.29, 1.82) is 0 Å². The number of hydrogen-bond acceptors (Lipinski definition) is 2. The third-order valence-corrected chi connectivity index (χ3v) is 2.26. The molecule has 1 rings (SSSR count). The number of carbonyl (C=O) groups excluding carboxylic acids is 1. The minimum atomic E-state index is 0.144. The largest absolute Gasteiger partial charge is 0.307 e. The molecule has 0 aromatic rings. The first kappa shape index (κ1) is 8.72. The second kappa shape index (κ2) is 3.35. The van der Waals surface area contributed by atoms with Crippen LogP contribution in [0, 0.1) is 11.8 Å². The van der Waals surface area contributed by atoms with Gasteiger partial charge in [0, 0.05) is 5.92 Å². The van der Waals surface area contributed by atoms with Crippen LogP contribution >= 0.6 is 0 Å². The van der Waals surface area contributed by atoms with Crippen LogP contribution in [0.15, 0.2) is 0 Å². The molecule has 11 heavy (non-hydrogen) atoms. The Hall–Kier alpha value is -0.370. The molecule has 0 radical (unpaired) electrons. The molecule has 2 unspecified atom stereocenters. The SMILES string of the molecule is CC1CNC(C(=O)C(C)C)C1. The van der Waals surface area contributed by atoms with Gasteiger partial charge in [0.15, 0.2) is 5.78 Å². The van der Waals surface area contributed by atoms with Gasteiger partial charge in [0.2, 0.25) is 0 Å². The molecule has 1 heterocycles. The summed E-state index contributed by atoms with van der Waals surface area (Å²) in [6.07, 6.45) is 1.02. The van der Waals surface area contributed by atoms with Crippen molar-refractivity contribution in [3.63, 3.8) is 0 Å². The molecule has 1 aliphatic rings. The molecule has 0 aliphatic carbocycles. The maximum absolute atomic E-state index is 11.4. The van der Waals surface area contributed by atoms with E-state index in [4.69, 9.17) is 0 Å². The number of rotatable bonds is 2. The van der Waals surface area contributed by atoms with E-state index in [1.165, 1.54) is 0 Å². The van der Waals surface area contributed by atoms with E-state index < -0.39 is 0 Å². The molecule has 1 N–H and O–H groups in total. The summed E-state index contributed by atoms with van der Waals surface area (Å²) in [5.74, 6) is 1.22. The van der Waals surface area contributed by atoms with Crippen LogP contribution in [-0.4, -0.2) is 18.4 Å². The van der Waals surface area contributed by atoms with Gasteiger partial charge in [0.1, 0.15) is 0 Å². The molecule has 0 bridgehead atoms. The van der Waals surface area contributed by atoms with Crippen molar-refractivity contribution in [2.75, 3.05) is 6.54 Å². The number of carbonyl (C=O) groups is 1. The summed E-state index contributed by atoms with van der Waals surface area (Å²) in [4.78, 5) is 11.4. The number of ketones is 1. The molecule has 0 aromatic heterocycles. The maximum atomic E-state index is 11.4. The van der Waals surface area contributed by atoms with Gasteiger partial charge < -0.3 is 5.32 Å². The van der Waals surface area contributed by atoms with E-state index in [0.29, 0.717) is 11.7 Å². The lowest BCUT2D eigenvalue weighted by molar-refractivity contribution is -0.123. The van der Waals surface area contributed by atoms with Crippen LogP contribution < -0.4 is 5.32 Å². The zero-order valence-electron chi connectivity index (χ0n) is 7.55. The minimum absolute atomic E-state index is 0.144. The van der Waals surface area contributed by atoms with E-state index in [0.717, 1.165) is 13.0 Å². The van der Waals surface area contributed by atoms with Crippen LogP contribution in [-0.2, 0) is 4.79 Å². The van der Waals surface area contributed by atoms with Gasteiger partial charge in [-0.25, -0.2) is 0 Å². The first-order valence-corrected chi connectivity index (χ1v) is 4.38. The van der Waals surface area contributed by atoms with E-state index in [1.54, 1.807) is 0 Å². The molecule has 1 fully saturated rings. The molecular weight excluding hydrogens is 138 g/mol. The molecule has 0 saturated carbocycles. The molecular formula is C9H17NO. The fourth-order valence-electron chi connectivity index (χ4n) is 1.53. The molecule has 0 amide bonds. The Balaban J connectivity index is 2.43. The van der Waals surface area contributed by atoms with E-state index in [1.807, 2.05) is 13.8 Å². The highest BCUT2D eigenvalue weighted by atomic mass is 16.1. The predicted octanol–water partition coefficient (Wildman–Crippen LogP) is 1.21. The van der Waals surface area contributed by atoms with Gasteiger partial charge >= 0.3 is 0 Å². The summed E-state index contributed by atoms with van der Waals surface area (Å²) in [7, 11) is 0. The summed E-state index contributed by atoms with van der Waals surface area (Å²) in [5.41, 5.74) is 0. The van der Waals surface area contributed by atoms with Crippen LogP contribution in [0.2, 0.25) is 0 Å². The average molecular weight is 155 g/mol. The summed E-state index contributed by atoms with van der Waals surface area (Å²) in [6.45, 7) is 7.11. The molecule has 0 spiro atoms. The Morgan fingerprint density at radius 1 is 1.55 bits per heavy atom. The fraction of sp³-hybridized carbons (Fsp3) is 0.889. The number of nitrogens with one attached hydrogen (secondary N) is 1. The second-order valence-electron chi connectivity index (χ2n) is 3.86. The number of Topliss-reactive ketones (excluding diaryl/α,β-unsaturated/α-hetero) is 1. The van der Waals surface area contributed by atoms with Gasteiger partial charge in [-0.05, 0) is 18.9 Å². The molecule has 2 heteroatoms. The highest BCUT2D eigenvalue weighted by Gasteiger charge is 2.27. The lowest BCUT2D eigenvalue weighted by Crippen LogP contribution is -2.33. The molecule has 0 aromatic carbocycles. The quantitative estimate of drug-likeness (QED) is 0.649. The monoisotopic (exact) mass is 155 g/mol. The average Bonchev–Trinajstić information content (AvgIpc) is 2.34. The lowest BCUT2D eigenvalue weighted by atomic mass is 9.98.